The van der Waals surface area contributed by atoms with Crippen LogP contribution in [0, 0.1) is 5.41 Å². The van der Waals surface area contributed by atoms with Crippen molar-refractivity contribution in [2.24, 2.45) is 12.5 Å². The van der Waals surface area contributed by atoms with Gasteiger partial charge in [0.05, 0.1) is 19.0 Å². The topological polar surface area (TPSA) is 87.9 Å². The lowest BCUT2D eigenvalue weighted by Gasteiger charge is -2.24. The van der Waals surface area contributed by atoms with Gasteiger partial charge in [0.1, 0.15) is 5.75 Å². The Labute approximate surface area is 183 Å². The molecule has 1 N–H and O–H groups in total. The molecule has 0 saturated carbocycles. The summed E-state index contributed by atoms with van der Waals surface area (Å²) < 4.78 is 38.7. The largest absolute Gasteiger partial charge is 0.497 e. The number of likely N-dealkylation sites (tertiary alicyclic amines) is 1. The van der Waals surface area contributed by atoms with Crippen molar-refractivity contribution >= 4 is 17.6 Å². The molecule has 2 fully saturated rings. The third-order valence-corrected chi connectivity index (χ3v) is 5.65. The first-order chi connectivity index (χ1) is 15.0. The number of benzene rings is 1. The number of rotatable bonds is 4. The second-order valence-electron chi connectivity index (χ2n) is 8.14. The predicted molar refractivity (Wildman–Crippen MR) is 109 cm³/mol. The lowest BCUT2D eigenvalue weighted by molar-refractivity contribution is -0.192. The number of hydrogen-bond donors (Lipinski definition) is 1. The normalized spacial score (nSPS) is 21.0. The maximum absolute atomic E-state index is 12.5. The molecule has 0 radical (unpaired) electrons. The summed E-state index contributed by atoms with van der Waals surface area (Å²) in [7, 11) is 3.57. The molecule has 2 aliphatic heterocycles. The van der Waals surface area contributed by atoms with E-state index in [1.807, 2.05) is 30.3 Å². The smallest absolute Gasteiger partial charge is 0.490 e. The quantitative estimate of drug-likeness (QED) is 0.765. The van der Waals surface area contributed by atoms with Crippen LogP contribution < -0.4 is 9.64 Å². The highest BCUT2D eigenvalue weighted by Gasteiger charge is 2.47. The van der Waals surface area contributed by atoms with E-state index in [2.05, 4.69) is 22.1 Å². The van der Waals surface area contributed by atoms with Crippen LogP contribution in [0.3, 0.4) is 0 Å². The number of hydrogen-bond acceptors (Lipinski definition) is 5. The van der Waals surface area contributed by atoms with E-state index in [1.54, 1.807) is 18.0 Å². The Balaban J connectivity index is 0.000000360. The molecule has 2 aliphatic rings. The van der Waals surface area contributed by atoms with Crippen molar-refractivity contribution in [3.05, 3.63) is 42.2 Å². The van der Waals surface area contributed by atoms with E-state index in [4.69, 9.17) is 14.6 Å². The molecule has 2 aromatic rings. The van der Waals surface area contributed by atoms with Gasteiger partial charge in [-0.25, -0.2) is 4.79 Å². The van der Waals surface area contributed by atoms with Crippen LogP contribution in [0.5, 0.6) is 5.75 Å². The van der Waals surface area contributed by atoms with Crippen molar-refractivity contribution in [2.75, 3.05) is 31.6 Å². The average Bonchev–Trinajstić information content (AvgIpc) is 3.41. The van der Waals surface area contributed by atoms with Crippen molar-refractivity contribution in [1.29, 1.82) is 0 Å². The number of carboxylic acid groups (broad SMARTS) is 1. The lowest BCUT2D eigenvalue weighted by Crippen LogP contribution is -2.31. The number of aromatic nitrogens is 2. The first kappa shape index (κ1) is 23.6. The number of carboxylic acids is 1. The van der Waals surface area contributed by atoms with Crippen LogP contribution >= 0.6 is 0 Å². The summed E-state index contributed by atoms with van der Waals surface area (Å²) in [6.45, 7) is 3.74. The number of ether oxygens (including phenoxy) is 1. The standard InChI is InChI=1S/C19H24N4O2.C2HF3O2/c1-21-12-16(10-20-21)23-14-19(9-18(23)24)7-8-22(13-19)11-15-3-5-17(25-2)6-4-15;3-2(4,5)1(6)7/h3-6,10,12H,7-9,11,13-14H2,1-2H3;(H,6,7). The number of aryl methyl sites for hydroxylation is 1. The summed E-state index contributed by atoms with van der Waals surface area (Å²) in [6, 6.07) is 8.24. The van der Waals surface area contributed by atoms with Gasteiger partial charge in [0.15, 0.2) is 0 Å². The predicted octanol–water partition coefficient (Wildman–Crippen LogP) is 2.69. The molecule has 1 unspecified atom stereocenters. The van der Waals surface area contributed by atoms with Crippen LogP contribution in [0.25, 0.3) is 0 Å². The Kier molecular flexibility index (Phi) is 6.77. The van der Waals surface area contributed by atoms with E-state index in [0.29, 0.717) is 6.42 Å². The van der Waals surface area contributed by atoms with Crippen LogP contribution in [-0.2, 0) is 23.2 Å². The molecule has 11 heteroatoms. The van der Waals surface area contributed by atoms with Crippen molar-refractivity contribution in [1.82, 2.24) is 14.7 Å². The van der Waals surface area contributed by atoms with Gasteiger partial charge in [0.25, 0.3) is 0 Å². The molecule has 4 rings (SSSR count). The first-order valence-corrected chi connectivity index (χ1v) is 9.96. The van der Waals surface area contributed by atoms with Gasteiger partial charge in [0.2, 0.25) is 5.91 Å². The van der Waals surface area contributed by atoms with E-state index in [0.717, 1.165) is 44.0 Å². The van der Waals surface area contributed by atoms with Gasteiger partial charge in [-0.2, -0.15) is 18.3 Å². The highest BCUT2D eigenvalue weighted by molar-refractivity contribution is 5.96. The van der Waals surface area contributed by atoms with Crippen LogP contribution in [0.4, 0.5) is 18.9 Å². The minimum Gasteiger partial charge on any atom is -0.497 e. The van der Waals surface area contributed by atoms with E-state index in [1.165, 1.54) is 5.56 Å². The van der Waals surface area contributed by atoms with Gasteiger partial charge in [-0.1, -0.05) is 12.1 Å². The van der Waals surface area contributed by atoms with Crippen LogP contribution in [0.1, 0.15) is 18.4 Å². The monoisotopic (exact) mass is 454 g/mol. The number of amides is 1. The van der Waals surface area contributed by atoms with Crippen molar-refractivity contribution in [2.45, 2.75) is 25.6 Å². The number of anilines is 1. The maximum atomic E-state index is 12.5. The Morgan fingerprint density at radius 1 is 1.25 bits per heavy atom. The molecular weight excluding hydrogens is 429 g/mol. The van der Waals surface area contributed by atoms with E-state index in [9.17, 15) is 18.0 Å². The molecule has 3 heterocycles. The van der Waals surface area contributed by atoms with Crippen molar-refractivity contribution in [3.8, 4) is 5.75 Å². The molecule has 174 valence electrons. The molecule has 0 bridgehead atoms. The Morgan fingerprint density at radius 2 is 1.91 bits per heavy atom. The second-order valence-corrected chi connectivity index (χ2v) is 8.14. The summed E-state index contributed by atoms with van der Waals surface area (Å²) in [5.74, 6) is -1.65. The van der Waals surface area contributed by atoms with E-state index < -0.39 is 12.1 Å². The highest BCUT2D eigenvalue weighted by Crippen LogP contribution is 2.42. The first-order valence-electron chi connectivity index (χ1n) is 9.96. The fourth-order valence-electron chi connectivity index (χ4n) is 4.10. The van der Waals surface area contributed by atoms with Crippen LogP contribution in [0.15, 0.2) is 36.7 Å². The highest BCUT2D eigenvalue weighted by atomic mass is 19.4. The lowest BCUT2D eigenvalue weighted by atomic mass is 9.86. The van der Waals surface area contributed by atoms with Gasteiger partial charge in [-0.3, -0.25) is 14.4 Å². The fraction of sp³-hybridized carbons (Fsp3) is 0.476. The number of alkyl halides is 3. The Hall–Kier alpha value is -3.08. The van der Waals surface area contributed by atoms with Gasteiger partial charge >= 0.3 is 12.1 Å². The summed E-state index contributed by atoms with van der Waals surface area (Å²) in [5, 5.41) is 11.3. The SMILES string of the molecule is COc1ccc(CN2CCC3(CC(=O)N(c4cnn(C)c4)C3)C2)cc1.O=C(O)C(F)(F)F. The average molecular weight is 454 g/mol. The van der Waals surface area contributed by atoms with Crippen LogP contribution in [0.2, 0.25) is 0 Å². The number of carbonyl (C=O) groups is 2. The molecular formula is C21H25F3N4O4. The fourth-order valence-corrected chi connectivity index (χ4v) is 4.10. The number of carbonyl (C=O) groups excluding carboxylic acids is 1. The molecule has 32 heavy (non-hydrogen) atoms. The van der Waals surface area contributed by atoms with E-state index in [-0.39, 0.29) is 11.3 Å². The molecule has 2 saturated heterocycles. The third kappa shape index (κ3) is 5.58. The van der Waals surface area contributed by atoms with Gasteiger partial charge in [0, 0.05) is 44.7 Å². The third-order valence-electron chi connectivity index (χ3n) is 5.65. The van der Waals surface area contributed by atoms with Gasteiger partial charge in [-0.15, -0.1) is 0 Å². The second kappa shape index (κ2) is 9.19. The Bertz CT molecular complexity index is 961. The summed E-state index contributed by atoms with van der Waals surface area (Å²) >= 11 is 0. The summed E-state index contributed by atoms with van der Waals surface area (Å²) in [6.07, 6.45) is 0.328. The molecule has 1 atom stereocenters. The molecule has 1 aromatic carbocycles. The number of halogens is 3. The molecule has 1 spiro atoms. The number of methoxy groups -OCH3 is 1. The molecule has 8 nitrogen and oxygen atoms in total. The number of aliphatic carboxylic acids is 1. The molecule has 1 aromatic heterocycles. The van der Waals surface area contributed by atoms with Crippen molar-refractivity contribution in [3.63, 3.8) is 0 Å². The summed E-state index contributed by atoms with van der Waals surface area (Å²) in [5.41, 5.74) is 2.28. The zero-order chi connectivity index (χ0) is 23.5. The zero-order valence-electron chi connectivity index (χ0n) is 17.8. The van der Waals surface area contributed by atoms with Gasteiger partial charge < -0.3 is 14.7 Å². The van der Waals surface area contributed by atoms with Gasteiger partial charge in [-0.05, 0) is 30.7 Å². The van der Waals surface area contributed by atoms with E-state index >= 15 is 0 Å². The zero-order valence-corrected chi connectivity index (χ0v) is 17.8. The minimum absolute atomic E-state index is 0.0827. The summed E-state index contributed by atoms with van der Waals surface area (Å²) in [4.78, 5) is 25.8. The Morgan fingerprint density at radius 3 is 2.44 bits per heavy atom. The molecule has 1 amide bonds. The van der Waals surface area contributed by atoms with Crippen molar-refractivity contribution < 1.29 is 32.6 Å². The molecule has 0 aliphatic carbocycles. The number of nitrogens with zero attached hydrogens (tertiary/aromatic N) is 4. The minimum atomic E-state index is -5.08. The maximum Gasteiger partial charge on any atom is 0.490 e. The van der Waals surface area contributed by atoms with Crippen LogP contribution in [-0.4, -0.2) is 64.6 Å².